The quantitative estimate of drug-likeness (QED) is 0.329. The highest BCUT2D eigenvalue weighted by atomic mass is 127. The van der Waals surface area contributed by atoms with Gasteiger partial charge in [-0.25, -0.2) is 9.79 Å². The van der Waals surface area contributed by atoms with Crippen molar-refractivity contribution in [3.05, 3.63) is 29.8 Å². The number of nitrogens with zero attached hydrogens (tertiary/aromatic N) is 2. The summed E-state index contributed by atoms with van der Waals surface area (Å²) in [4.78, 5) is 18.8. The zero-order chi connectivity index (χ0) is 21.3. The van der Waals surface area contributed by atoms with Gasteiger partial charge in [0.1, 0.15) is 11.4 Å². The Bertz CT molecular complexity index is 691. The fourth-order valence-corrected chi connectivity index (χ4v) is 3.25. The van der Waals surface area contributed by atoms with E-state index in [0.717, 1.165) is 49.7 Å². The number of rotatable bonds is 6. The molecule has 1 aliphatic rings. The molecule has 2 rings (SSSR count). The molecule has 7 nitrogen and oxygen atoms in total. The number of hydrogen-bond acceptors (Lipinski definition) is 4. The Hall–Kier alpha value is -1.71. The summed E-state index contributed by atoms with van der Waals surface area (Å²) in [5.74, 6) is 1.99. The van der Waals surface area contributed by atoms with Crippen molar-refractivity contribution in [3.8, 4) is 5.75 Å². The third-order valence-corrected chi connectivity index (χ3v) is 4.63. The van der Waals surface area contributed by atoms with Gasteiger partial charge in [0.05, 0.1) is 13.7 Å². The molecule has 170 valence electrons. The molecule has 1 aromatic rings. The standard InChI is InChI=1S/C22H36N4O3.HI/c1-6-23-20(24-14-17-9-7-11-19(13-17)28-5)25-15-18-10-8-12-26(16-18)21(27)29-22(2,3)4;/h7,9,11,13,18H,6,8,10,12,14-16H2,1-5H3,(H2,23,24,25);1H. The lowest BCUT2D eigenvalue weighted by molar-refractivity contribution is 0.0168. The molecule has 30 heavy (non-hydrogen) atoms. The van der Waals surface area contributed by atoms with Crippen molar-refractivity contribution >= 4 is 36.0 Å². The molecule has 0 bridgehead atoms. The molecule has 1 atom stereocenters. The number of guanidine groups is 1. The van der Waals surface area contributed by atoms with Gasteiger partial charge < -0.3 is 25.0 Å². The maximum Gasteiger partial charge on any atom is 0.410 e. The van der Waals surface area contributed by atoms with Gasteiger partial charge in [0, 0.05) is 26.2 Å². The van der Waals surface area contributed by atoms with Crippen LogP contribution >= 0.6 is 24.0 Å². The molecular weight excluding hydrogens is 495 g/mol. The van der Waals surface area contributed by atoms with Gasteiger partial charge in [-0.2, -0.15) is 0 Å². The van der Waals surface area contributed by atoms with Gasteiger partial charge in [-0.05, 0) is 64.2 Å². The van der Waals surface area contributed by atoms with E-state index in [2.05, 4.69) is 15.6 Å². The van der Waals surface area contributed by atoms with Crippen molar-refractivity contribution in [1.82, 2.24) is 15.5 Å². The first kappa shape index (κ1) is 26.3. The lowest BCUT2D eigenvalue weighted by Gasteiger charge is -2.34. The number of aliphatic imine (C=N–C) groups is 1. The number of methoxy groups -OCH3 is 1. The van der Waals surface area contributed by atoms with Crippen molar-refractivity contribution in [2.45, 2.75) is 52.7 Å². The van der Waals surface area contributed by atoms with E-state index in [4.69, 9.17) is 9.47 Å². The Morgan fingerprint density at radius 1 is 1.30 bits per heavy atom. The van der Waals surface area contributed by atoms with Crippen LogP contribution in [-0.4, -0.2) is 55.8 Å². The molecule has 0 saturated carbocycles. The second-order valence-corrected chi connectivity index (χ2v) is 8.36. The van der Waals surface area contributed by atoms with E-state index < -0.39 is 5.60 Å². The molecule has 1 fully saturated rings. The summed E-state index contributed by atoms with van der Waals surface area (Å²) >= 11 is 0. The topological polar surface area (TPSA) is 75.2 Å². The van der Waals surface area contributed by atoms with E-state index in [1.165, 1.54) is 0 Å². The van der Waals surface area contributed by atoms with E-state index in [0.29, 0.717) is 19.0 Å². The van der Waals surface area contributed by atoms with Crippen LogP contribution in [0.15, 0.2) is 29.3 Å². The summed E-state index contributed by atoms with van der Waals surface area (Å²) < 4.78 is 10.8. The van der Waals surface area contributed by atoms with E-state index in [1.807, 2.05) is 56.9 Å². The number of halogens is 1. The number of likely N-dealkylation sites (tertiary alicyclic amines) is 1. The van der Waals surface area contributed by atoms with E-state index in [1.54, 1.807) is 7.11 Å². The molecular formula is C22H37IN4O3. The average molecular weight is 532 g/mol. The van der Waals surface area contributed by atoms with Crippen LogP contribution in [-0.2, 0) is 11.3 Å². The van der Waals surface area contributed by atoms with Crippen LogP contribution in [0.2, 0.25) is 0 Å². The Balaban J connectivity index is 0.00000450. The van der Waals surface area contributed by atoms with Crippen LogP contribution in [0.4, 0.5) is 4.79 Å². The van der Waals surface area contributed by atoms with Crippen molar-refractivity contribution in [3.63, 3.8) is 0 Å². The first-order chi connectivity index (χ1) is 13.8. The summed E-state index contributed by atoms with van der Waals surface area (Å²) in [6, 6.07) is 7.93. The number of nitrogens with one attached hydrogen (secondary N) is 2. The van der Waals surface area contributed by atoms with Gasteiger partial charge in [0.25, 0.3) is 0 Å². The highest BCUT2D eigenvalue weighted by molar-refractivity contribution is 14.0. The van der Waals surface area contributed by atoms with Crippen LogP contribution in [0.1, 0.15) is 46.1 Å². The lowest BCUT2D eigenvalue weighted by Crippen LogP contribution is -2.47. The second kappa shape index (κ2) is 12.9. The average Bonchev–Trinajstić information content (AvgIpc) is 2.69. The summed E-state index contributed by atoms with van der Waals surface area (Å²) in [5, 5.41) is 6.71. The third-order valence-electron chi connectivity index (χ3n) is 4.63. The van der Waals surface area contributed by atoms with Crippen LogP contribution in [0.25, 0.3) is 0 Å². The first-order valence-electron chi connectivity index (χ1n) is 10.4. The summed E-state index contributed by atoms with van der Waals surface area (Å²) in [7, 11) is 1.67. The number of benzene rings is 1. The molecule has 1 saturated heterocycles. The largest absolute Gasteiger partial charge is 0.497 e. The Labute approximate surface area is 198 Å². The molecule has 2 N–H and O–H groups in total. The van der Waals surface area contributed by atoms with Crippen molar-refractivity contribution in [2.75, 3.05) is 33.3 Å². The Morgan fingerprint density at radius 2 is 2.07 bits per heavy atom. The van der Waals surface area contributed by atoms with Crippen molar-refractivity contribution in [1.29, 1.82) is 0 Å². The predicted octanol–water partition coefficient (Wildman–Crippen LogP) is 4.02. The number of hydrogen-bond donors (Lipinski definition) is 2. The molecule has 1 unspecified atom stereocenters. The summed E-state index contributed by atoms with van der Waals surface area (Å²) in [6.45, 7) is 11.3. The van der Waals surface area contributed by atoms with Gasteiger partial charge in [-0.15, -0.1) is 24.0 Å². The number of amides is 1. The summed E-state index contributed by atoms with van der Waals surface area (Å²) in [5.41, 5.74) is 0.628. The highest BCUT2D eigenvalue weighted by Crippen LogP contribution is 2.19. The molecule has 1 heterocycles. The number of carbonyl (C=O) groups is 1. The Kier molecular flexibility index (Phi) is 11.3. The maximum absolute atomic E-state index is 12.3. The fourth-order valence-electron chi connectivity index (χ4n) is 3.25. The molecule has 0 aromatic heterocycles. The molecule has 0 aliphatic carbocycles. The molecule has 1 aliphatic heterocycles. The summed E-state index contributed by atoms with van der Waals surface area (Å²) in [6.07, 6.45) is 1.85. The molecule has 1 aromatic carbocycles. The lowest BCUT2D eigenvalue weighted by atomic mass is 9.98. The monoisotopic (exact) mass is 532 g/mol. The number of carbonyl (C=O) groups excluding carboxylic acids is 1. The smallest absolute Gasteiger partial charge is 0.410 e. The minimum absolute atomic E-state index is 0. The van der Waals surface area contributed by atoms with E-state index >= 15 is 0 Å². The van der Waals surface area contributed by atoms with Gasteiger partial charge >= 0.3 is 6.09 Å². The highest BCUT2D eigenvalue weighted by Gasteiger charge is 2.27. The minimum atomic E-state index is -0.465. The van der Waals surface area contributed by atoms with E-state index in [9.17, 15) is 4.79 Å². The van der Waals surface area contributed by atoms with Gasteiger partial charge in [-0.1, -0.05) is 12.1 Å². The molecule has 1 amide bonds. The Morgan fingerprint density at radius 3 is 2.73 bits per heavy atom. The zero-order valence-corrected chi connectivity index (χ0v) is 21.2. The van der Waals surface area contributed by atoms with Crippen LogP contribution in [0.5, 0.6) is 5.75 Å². The van der Waals surface area contributed by atoms with Gasteiger partial charge in [-0.3, -0.25) is 0 Å². The van der Waals surface area contributed by atoms with Crippen LogP contribution in [0, 0.1) is 5.92 Å². The van der Waals surface area contributed by atoms with Crippen LogP contribution in [0.3, 0.4) is 0 Å². The first-order valence-corrected chi connectivity index (χ1v) is 10.4. The third kappa shape index (κ3) is 9.40. The minimum Gasteiger partial charge on any atom is -0.497 e. The zero-order valence-electron chi connectivity index (χ0n) is 18.9. The number of ether oxygens (including phenoxy) is 2. The maximum atomic E-state index is 12.3. The normalized spacial score (nSPS) is 17.0. The molecule has 0 radical (unpaired) electrons. The molecule has 0 spiro atoms. The SMILES string of the molecule is CCNC(=NCc1cccc(OC)c1)NCC1CCCN(C(=O)OC(C)(C)C)C1.I. The fraction of sp³-hybridized carbons (Fsp3) is 0.636. The van der Waals surface area contributed by atoms with E-state index in [-0.39, 0.29) is 30.1 Å². The van der Waals surface area contributed by atoms with Crippen molar-refractivity contribution in [2.24, 2.45) is 10.9 Å². The number of piperidine rings is 1. The second-order valence-electron chi connectivity index (χ2n) is 8.36. The predicted molar refractivity (Wildman–Crippen MR) is 132 cm³/mol. The molecule has 8 heteroatoms. The van der Waals surface area contributed by atoms with Gasteiger partial charge in [0.2, 0.25) is 0 Å². The van der Waals surface area contributed by atoms with Gasteiger partial charge in [0.15, 0.2) is 5.96 Å². The van der Waals surface area contributed by atoms with Crippen molar-refractivity contribution < 1.29 is 14.3 Å². The van der Waals surface area contributed by atoms with Crippen LogP contribution < -0.4 is 15.4 Å².